The quantitative estimate of drug-likeness (QED) is 0.234. The van der Waals surface area contributed by atoms with E-state index >= 15 is 0 Å². The third kappa shape index (κ3) is 5.08. The number of rotatable bonds is 5. The number of carbonyl (C=O) groups is 1. The van der Waals surface area contributed by atoms with Crippen molar-refractivity contribution < 1.29 is 9.53 Å². The third-order valence-corrected chi connectivity index (χ3v) is 12.6. The van der Waals surface area contributed by atoms with Gasteiger partial charge in [0, 0.05) is 24.6 Å². The standard InChI is InChI=1S/C43H46N4O2/c1-43(2,3)49-42(48)47-16-4-5-39(47)37-22-30-17-26(11-15-36(30)45-37)32-13-14-33(40-34-12-10-27(34)21-35(32)40)24-6-8-25(9-7-24)38-23-44-41(46-38)31-19-28-18-29(28)20-31/h6-9,11,13-15,17,23,27-29,31,34,39H,4-5,10,12,16,18-22H2,1-3H3,(H,44,46)/t27?,28?,29?,31?,34?,39-/m0/s1. The Morgan fingerprint density at radius 1 is 0.878 bits per heavy atom. The van der Waals surface area contributed by atoms with Crippen molar-refractivity contribution in [2.24, 2.45) is 22.7 Å². The van der Waals surface area contributed by atoms with E-state index in [1.807, 2.05) is 31.9 Å². The molecule has 0 spiro atoms. The van der Waals surface area contributed by atoms with Gasteiger partial charge in [-0.25, -0.2) is 9.78 Å². The van der Waals surface area contributed by atoms with Crippen LogP contribution in [-0.2, 0) is 17.6 Å². The smallest absolute Gasteiger partial charge is 0.410 e. The fraction of sp³-hybridized carbons (Fsp3) is 0.465. The maximum absolute atomic E-state index is 13.0. The molecule has 6 heteroatoms. The molecule has 0 bridgehead atoms. The molecule has 10 rings (SSSR count). The Labute approximate surface area is 289 Å². The van der Waals surface area contributed by atoms with Crippen molar-refractivity contribution in [2.75, 3.05) is 6.54 Å². The van der Waals surface area contributed by atoms with Crippen LogP contribution in [0, 0.1) is 17.8 Å². The minimum atomic E-state index is -0.503. The van der Waals surface area contributed by atoms with Crippen molar-refractivity contribution in [3.8, 4) is 33.5 Å². The molecule has 250 valence electrons. The summed E-state index contributed by atoms with van der Waals surface area (Å²) in [4.78, 5) is 28.5. The molecule has 4 aliphatic carbocycles. The zero-order valence-corrected chi connectivity index (χ0v) is 29.0. The lowest BCUT2D eigenvalue weighted by atomic mass is 9.73. The number of ether oxygens (including phenoxy) is 1. The number of likely N-dealkylation sites (tertiary alicyclic amines) is 1. The highest BCUT2D eigenvalue weighted by Crippen LogP contribution is 2.58. The second-order valence-corrected chi connectivity index (χ2v) is 16.8. The molecule has 6 nitrogen and oxygen atoms in total. The van der Waals surface area contributed by atoms with Gasteiger partial charge in [0.15, 0.2) is 0 Å². The zero-order valence-electron chi connectivity index (χ0n) is 29.0. The van der Waals surface area contributed by atoms with Crippen molar-refractivity contribution in [1.29, 1.82) is 0 Å². The number of amides is 1. The normalized spacial score (nSPS) is 27.7. The van der Waals surface area contributed by atoms with Crippen LogP contribution in [0.4, 0.5) is 10.5 Å². The minimum Gasteiger partial charge on any atom is -0.444 e. The predicted molar refractivity (Wildman–Crippen MR) is 194 cm³/mol. The Balaban J connectivity index is 0.907. The zero-order chi connectivity index (χ0) is 33.0. The van der Waals surface area contributed by atoms with E-state index in [0.717, 1.165) is 60.7 Å². The molecule has 1 aromatic heterocycles. The second kappa shape index (κ2) is 10.9. The van der Waals surface area contributed by atoms with E-state index in [4.69, 9.17) is 14.7 Å². The molecular weight excluding hydrogens is 604 g/mol. The van der Waals surface area contributed by atoms with Gasteiger partial charge in [0.1, 0.15) is 11.4 Å². The van der Waals surface area contributed by atoms with Crippen LogP contribution in [0.5, 0.6) is 0 Å². The molecule has 6 aliphatic rings. The highest BCUT2D eigenvalue weighted by molar-refractivity contribution is 6.00. The third-order valence-electron chi connectivity index (χ3n) is 12.6. The molecular formula is C43H46N4O2. The number of carbonyl (C=O) groups excluding carboxylic acids is 1. The number of hydrogen-bond acceptors (Lipinski definition) is 4. The van der Waals surface area contributed by atoms with Crippen LogP contribution in [0.15, 0.2) is 65.8 Å². The number of aromatic amines is 1. The van der Waals surface area contributed by atoms with Gasteiger partial charge in [-0.05, 0) is 152 Å². The molecule has 1 saturated heterocycles. The number of aromatic nitrogens is 2. The number of hydrogen-bond donors (Lipinski definition) is 1. The fourth-order valence-electron chi connectivity index (χ4n) is 9.98. The summed E-state index contributed by atoms with van der Waals surface area (Å²) < 4.78 is 5.75. The molecule has 1 amide bonds. The Kier molecular flexibility index (Phi) is 6.61. The van der Waals surface area contributed by atoms with E-state index in [-0.39, 0.29) is 12.1 Å². The molecule has 49 heavy (non-hydrogen) atoms. The van der Waals surface area contributed by atoms with Crippen molar-refractivity contribution in [3.63, 3.8) is 0 Å². The lowest BCUT2D eigenvalue weighted by molar-refractivity contribution is 0.0265. The summed E-state index contributed by atoms with van der Waals surface area (Å²) in [6.07, 6.45) is 12.4. The van der Waals surface area contributed by atoms with Crippen LogP contribution in [0.2, 0.25) is 0 Å². The Hall–Kier alpha value is -4.19. The van der Waals surface area contributed by atoms with Gasteiger partial charge in [-0.2, -0.15) is 0 Å². The SMILES string of the molecule is CC(C)(C)OC(=O)N1CCC[C@H]1C1=Nc2ccc(-c3ccc(-c4ccc(-c5cnc(C6CC7CC7C6)[nH]5)cc4)c4c3CC3CCC43)cc2C1. The molecule has 1 N–H and O–H groups in total. The van der Waals surface area contributed by atoms with E-state index in [1.54, 1.807) is 11.1 Å². The minimum absolute atomic E-state index is 0.0179. The van der Waals surface area contributed by atoms with Crippen molar-refractivity contribution in [2.45, 2.75) is 102 Å². The van der Waals surface area contributed by atoms with E-state index < -0.39 is 5.60 Å². The number of imidazole rings is 1. The molecule has 5 atom stereocenters. The summed E-state index contributed by atoms with van der Waals surface area (Å²) in [5.74, 6) is 5.17. The van der Waals surface area contributed by atoms with E-state index in [9.17, 15) is 4.79 Å². The first-order chi connectivity index (χ1) is 23.8. The van der Waals surface area contributed by atoms with Crippen molar-refractivity contribution in [3.05, 3.63) is 83.3 Å². The Morgan fingerprint density at radius 2 is 1.65 bits per heavy atom. The molecule has 3 saturated carbocycles. The maximum atomic E-state index is 13.0. The van der Waals surface area contributed by atoms with Crippen molar-refractivity contribution >= 4 is 17.5 Å². The van der Waals surface area contributed by atoms with Gasteiger partial charge in [-0.1, -0.05) is 42.5 Å². The lowest BCUT2D eigenvalue weighted by Crippen LogP contribution is -2.43. The van der Waals surface area contributed by atoms with Gasteiger partial charge in [0.05, 0.1) is 23.6 Å². The average molecular weight is 651 g/mol. The topological polar surface area (TPSA) is 70.6 Å². The van der Waals surface area contributed by atoms with Crippen LogP contribution in [-0.4, -0.2) is 44.9 Å². The van der Waals surface area contributed by atoms with Crippen LogP contribution < -0.4 is 0 Å². The van der Waals surface area contributed by atoms with Gasteiger partial charge in [-0.15, -0.1) is 0 Å². The number of aliphatic imine (C=N–C) groups is 1. The second-order valence-electron chi connectivity index (χ2n) is 16.8. The van der Waals surface area contributed by atoms with E-state index in [2.05, 4.69) is 59.6 Å². The van der Waals surface area contributed by atoms with E-state index in [1.165, 1.54) is 77.7 Å². The maximum Gasteiger partial charge on any atom is 0.410 e. The van der Waals surface area contributed by atoms with Crippen LogP contribution in [0.25, 0.3) is 33.5 Å². The number of fused-ring (bicyclic) bond motifs is 5. The summed E-state index contributed by atoms with van der Waals surface area (Å²) in [7, 11) is 0. The summed E-state index contributed by atoms with van der Waals surface area (Å²) in [5, 5.41) is 0. The summed E-state index contributed by atoms with van der Waals surface area (Å²) in [6.45, 7) is 6.52. The predicted octanol–water partition coefficient (Wildman–Crippen LogP) is 10.0. The number of nitrogens with one attached hydrogen (secondary N) is 1. The Morgan fingerprint density at radius 3 is 2.43 bits per heavy atom. The molecule has 3 heterocycles. The van der Waals surface area contributed by atoms with Gasteiger partial charge in [-0.3, -0.25) is 9.89 Å². The van der Waals surface area contributed by atoms with Crippen molar-refractivity contribution in [1.82, 2.24) is 14.9 Å². The van der Waals surface area contributed by atoms with E-state index in [0.29, 0.717) is 11.8 Å². The van der Waals surface area contributed by atoms with Gasteiger partial charge >= 0.3 is 6.09 Å². The average Bonchev–Trinajstić information content (AvgIpc) is 3.69. The summed E-state index contributed by atoms with van der Waals surface area (Å²) >= 11 is 0. The monoisotopic (exact) mass is 650 g/mol. The highest BCUT2D eigenvalue weighted by Gasteiger charge is 2.47. The molecule has 3 aromatic carbocycles. The molecule has 4 aromatic rings. The van der Waals surface area contributed by atoms with Gasteiger partial charge in [0.2, 0.25) is 0 Å². The molecule has 4 unspecified atom stereocenters. The van der Waals surface area contributed by atoms with Crippen LogP contribution >= 0.6 is 0 Å². The number of H-pyrrole nitrogens is 1. The highest BCUT2D eigenvalue weighted by atomic mass is 16.6. The molecule has 4 fully saturated rings. The number of benzene rings is 3. The van der Waals surface area contributed by atoms with Gasteiger partial charge in [0.25, 0.3) is 0 Å². The largest absolute Gasteiger partial charge is 0.444 e. The summed E-state index contributed by atoms with van der Waals surface area (Å²) in [5.41, 5.74) is 13.8. The summed E-state index contributed by atoms with van der Waals surface area (Å²) in [6, 6.07) is 20.8. The molecule has 2 aliphatic heterocycles. The molecule has 0 radical (unpaired) electrons. The van der Waals surface area contributed by atoms with Crippen LogP contribution in [0.3, 0.4) is 0 Å². The lowest BCUT2D eigenvalue weighted by Gasteiger charge is -2.31. The number of nitrogens with zero attached hydrogens (tertiary/aromatic N) is 3. The first-order valence-electron chi connectivity index (χ1n) is 18.8. The Bertz CT molecular complexity index is 2010. The van der Waals surface area contributed by atoms with Gasteiger partial charge < -0.3 is 9.72 Å². The first kappa shape index (κ1) is 29.7. The fourth-order valence-corrected chi connectivity index (χ4v) is 9.98. The van der Waals surface area contributed by atoms with Crippen LogP contribution in [0.1, 0.15) is 100 Å². The first-order valence-corrected chi connectivity index (χ1v) is 18.8.